The summed E-state index contributed by atoms with van der Waals surface area (Å²) >= 11 is 7.56. The van der Waals surface area contributed by atoms with Crippen molar-refractivity contribution in [3.05, 3.63) is 63.9 Å². The maximum absolute atomic E-state index is 5.95. The Morgan fingerprint density at radius 3 is 2.91 bits per heavy atom. The van der Waals surface area contributed by atoms with E-state index in [1.165, 1.54) is 0 Å². The van der Waals surface area contributed by atoms with Gasteiger partial charge in [0.25, 0.3) is 0 Å². The summed E-state index contributed by atoms with van der Waals surface area (Å²) in [6.07, 6.45) is 3.63. The Morgan fingerprint density at radius 1 is 1.32 bits per heavy atom. The molecule has 0 fully saturated rings. The lowest BCUT2D eigenvalue weighted by Crippen LogP contribution is -1.99. The summed E-state index contributed by atoms with van der Waals surface area (Å²) in [6.45, 7) is 4.13. The zero-order valence-electron chi connectivity index (χ0n) is 12.2. The number of thiazole rings is 1. The van der Waals surface area contributed by atoms with Crippen molar-refractivity contribution in [3.8, 4) is 5.13 Å². The highest BCUT2D eigenvalue weighted by atomic mass is 35.5. The van der Waals surface area contributed by atoms with Crippen molar-refractivity contribution >= 4 is 34.8 Å². The lowest BCUT2D eigenvalue weighted by molar-refractivity contribution is 0.949. The molecule has 0 aliphatic rings. The fourth-order valence-electron chi connectivity index (χ4n) is 2.27. The van der Waals surface area contributed by atoms with E-state index in [4.69, 9.17) is 11.6 Å². The zero-order valence-corrected chi connectivity index (χ0v) is 13.8. The van der Waals surface area contributed by atoms with Gasteiger partial charge in [-0.2, -0.15) is 5.10 Å². The van der Waals surface area contributed by atoms with Crippen molar-refractivity contribution in [3.63, 3.8) is 0 Å². The van der Waals surface area contributed by atoms with Gasteiger partial charge in [0.2, 0.25) is 0 Å². The second-order valence-corrected chi connectivity index (χ2v) is 6.17. The van der Waals surface area contributed by atoms with Crippen LogP contribution < -0.4 is 5.43 Å². The molecule has 6 heteroatoms. The number of halogens is 1. The molecule has 22 heavy (non-hydrogen) atoms. The monoisotopic (exact) mass is 330 g/mol. The van der Waals surface area contributed by atoms with Gasteiger partial charge in [0.1, 0.15) is 0 Å². The van der Waals surface area contributed by atoms with Crippen LogP contribution in [0.5, 0.6) is 0 Å². The first-order valence-electron chi connectivity index (χ1n) is 6.78. The zero-order chi connectivity index (χ0) is 15.5. The minimum atomic E-state index is 0.683. The number of anilines is 1. The number of nitrogens with one attached hydrogen (secondary N) is 1. The summed E-state index contributed by atoms with van der Waals surface area (Å²) in [5, 5.41) is 7.91. The van der Waals surface area contributed by atoms with E-state index < -0.39 is 0 Å². The Labute approximate surface area is 138 Å². The maximum atomic E-state index is 5.95. The molecule has 0 radical (unpaired) electrons. The van der Waals surface area contributed by atoms with Crippen LogP contribution in [0.1, 0.15) is 17.0 Å². The van der Waals surface area contributed by atoms with Crippen molar-refractivity contribution in [2.75, 3.05) is 5.43 Å². The quantitative estimate of drug-likeness (QED) is 0.559. The first kappa shape index (κ1) is 14.8. The first-order valence-corrected chi connectivity index (χ1v) is 8.04. The Hall–Kier alpha value is -2.11. The fraction of sp³-hybridized carbons (Fsp3) is 0.125. The molecular formula is C16H15ClN4S. The van der Waals surface area contributed by atoms with Gasteiger partial charge < -0.3 is 0 Å². The first-order chi connectivity index (χ1) is 10.6. The summed E-state index contributed by atoms with van der Waals surface area (Å²) in [7, 11) is 0. The molecule has 112 valence electrons. The number of hydrazone groups is 1. The van der Waals surface area contributed by atoms with Crippen molar-refractivity contribution in [1.82, 2.24) is 9.55 Å². The topological polar surface area (TPSA) is 42.2 Å². The Kier molecular flexibility index (Phi) is 4.27. The fourth-order valence-corrected chi connectivity index (χ4v) is 3.22. The van der Waals surface area contributed by atoms with Crippen molar-refractivity contribution < 1.29 is 0 Å². The highest BCUT2D eigenvalue weighted by Crippen LogP contribution is 2.21. The van der Waals surface area contributed by atoms with E-state index >= 15 is 0 Å². The van der Waals surface area contributed by atoms with Crippen molar-refractivity contribution in [2.45, 2.75) is 13.8 Å². The molecule has 0 saturated carbocycles. The molecule has 1 N–H and O–H groups in total. The molecule has 0 amide bonds. The molecule has 0 aliphatic heterocycles. The van der Waals surface area contributed by atoms with Gasteiger partial charge in [0.15, 0.2) is 5.13 Å². The molecule has 0 atom stereocenters. The third-order valence-electron chi connectivity index (χ3n) is 3.30. The predicted octanol–water partition coefficient (Wildman–Crippen LogP) is 4.65. The van der Waals surface area contributed by atoms with Gasteiger partial charge in [0.05, 0.1) is 11.9 Å². The molecule has 2 heterocycles. The summed E-state index contributed by atoms with van der Waals surface area (Å²) in [5.41, 5.74) is 7.15. The van der Waals surface area contributed by atoms with Crippen LogP contribution in [0, 0.1) is 13.8 Å². The van der Waals surface area contributed by atoms with Crippen LogP contribution >= 0.6 is 22.9 Å². The smallest absolute Gasteiger partial charge is 0.193 e. The Balaban J connectivity index is 1.81. The van der Waals surface area contributed by atoms with E-state index in [-0.39, 0.29) is 0 Å². The van der Waals surface area contributed by atoms with Crippen molar-refractivity contribution in [1.29, 1.82) is 0 Å². The van der Waals surface area contributed by atoms with Gasteiger partial charge >= 0.3 is 0 Å². The van der Waals surface area contributed by atoms with Gasteiger partial charge in [-0.3, -0.25) is 9.99 Å². The summed E-state index contributed by atoms with van der Waals surface area (Å²) < 4.78 is 2.13. The Bertz CT molecular complexity index is 806. The van der Waals surface area contributed by atoms with E-state index in [2.05, 4.69) is 40.0 Å². The third-order valence-corrected chi connectivity index (χ3v) is 4.29. The number of rotatable bonds is 4. The standard InChI is InChI=1S/C16H15ClN4S/c1-11-8-13(12(2)21(11)16-18-6-7-22-16)10-19-20-15-5-3-4-14(17)9-15/h3-10,20H,1-2H3/b19-10-. The second kappa shape index (κ2) is 6.34. The van der Waals surface area contributed by atoms with Gasteiger partial charge in [-0.15, -0.1) is 11.3 Å². The van der Waals surface area contributed by atoms with Gasteiger partial charge in [0, 0.05) is 33.6 Å². The number of benzene rings is 1. The number of hydrogen-bond donors (Lipinski definition) is 1. The van der Waals surface area contributed by atoms with Gasteiger partial charge in [-0.1, -0.05) is 17.7 Å². The van der Waals surface area contributed by atoms with Gasteiger partial charge in [-0.25, -0.2) is 4.98 Å². The van der Waals surface area contributed by atoms with Crippen LogP contribution in [0.2, 0.25) is 5.02 Å². The highest BCUT2D eigenvalue weighted by molar-refractivity contribution is 7.12. The molecule has 1 aromatic carbocycles. The van der Waals surface area contributed by atoms with E-state index in [0.717, 1.165) is 27.8 Å². The highest BCUT2D eigenvalue weighted by Gasteiger charge is 2.10. The number of aromatic nitrogens is 2. The molecule has 0 aliphatic carbocycles. The Morgan fingerprint density at radius 2 is 2.18 bits per heavy atom. The molecule has 2 aromatic heterocycles. The molecule has 3 rings (SSSR count). The lowest BCUT2D eigenvalue weighted by Gasteiger charge is -2.04. The predicted molar refractivity (Wildman–Crippen MR) is 93.6 cm³/mol. The molecule has 3 aromatic rings. The third kappa shape index (κ3) is 3.05. The van der Waals surface area contributed by atoms with E-state index in [0.29, 0.717) is 5.02 Å². The minimum Gasteiger partial charge on any atom is -0.294 e. The normalized spacial score (nSPS) is 11.2. The van der Waals surface area contributed by atoms with E-state index in [1.807, 2.05) is 42.1 Å². The van der Waals surface area contributed by atoms with Crippen LogP contribution in [0.3, 0.4) is 0 Å². The maximum Gasteiger partial charge on any atom is 0.193 e. The molecule has 0 bridgehead atoms. The summed E-state index contributed by atoms with van der Waals surface area (Å²) in [5.74, 6) is 0. The SMILES string of the molecule is Cc1cc(/C=N\Nc2cccc(Cl)c2)c(C)n1-c1nccs1. The second-order valence-electron chi connectivity index (χ2n) is 4.86. The van der Waals surface area contributed by atoms with Crippen LogP contribution in [-0.2, 0) is 0 Å². The molecular weight excluding hydrogens is 316 g/mol. The van der Waals surface area contributed by atoms with E-state index in [9.17, 15) is 0 Å². The number of aryl methyl sites for hydroxylation is 1. The molecule has 0 spiro atoms. The average Bonchev–Trinajstić information content (AvgIpc) is 3.08. The van der Waals surface area contributed by atoms with Crippen LogP contribution in [0.15, 0.2) is 47.0 Å². The lowest BCUT2D eigenvalue weighted by atomic mass is 10.3. The molecule has 0 unspecified atom stereocenters. The van der Waals surface area contributed by atoms with E-state index in [1.54, 1.807) is 11.3 Å². The number of nitrogens with zero attached hydrogens (tertiary/aromatic N) is 3. The van der Waals surface area contributed by atoms with Crippen molar-refractivity contribution in [2.24, 2.45) is 5.10 Å². The van der Waals surface area contributed by atoms with Crippen LogP contribution in [-0.4, -0.2) is 15.8 Å². The minimum absolute atomic E-state index is 0.683. The average molecular weight is 331 g/mol. The van der Waals surface area contributed by atoms with Crippen LogP contribution in [0.4, 0.5) is 5.69 Å². The summed E-state index contributed by atoms with van der Waals surface area (Å²) in [6, 6.07) is 9.56. The number of hydrogen-bond acceptors (Lipinski definition) is 4. The molecule has 0 saturated heterocycles. The van der Waals surface area contributed by atoms with Gasteiger partial charge in [-0.05, 0) is 38.1 Å². The summed E-state index contributed by atoms with van der Waals surface area (Å²) in [4.78, 5) is 4.37. The largest absolute Gasteiger partial charge is 0.294 e. The molecule has 4 nitrogen and oxygen atoms in total. The van der Waals surface area contributed by atoms with Crippen LogP contribution in [0.25, 0.3) is 5.13 Å².